The molecule has 12 heteroatoms. The molecular formula is C22H24F6N4O2. The van der Waals surface area contributed by atoms with Gasteiger partial charge in [0.1, 0.15) is 11.5 Å². The number of halogens is 6. The molecule has 0 aliphatic carbocycles. The Morgan fingerprint density at radius 1 is 1.06 bits per heavy atom. The first kappa shape index (κ1) is 24.5. The minimum Gasteiger partial charge on any atom is -0.379 e. The summed E-state index contributed by atoms with van der Waals surface area (Å²) < 4.78 is 86.2. The lowest BCUT2D eigenvalue weighted by atomic mass is 9.89. The number of imidazole rings is 1. The lowest BCUT2D eigenvalue weighted by Crippen LogP contribution is -2.41. The van der Waals surface area contributed by atoms with Gasteiger partial charge in [-0.15, -0.1) is 0 Å². The highest BCUT2D eigenvalue weighted by Gasteiger charge is 2.38. The van der Waals surface area contributed by atoms with Crippen molar-refractivity contribution in [2.24, 2.45) is 0 Å². The van der Waals surface area contributed by atoms with Crippen LogP contribution in [0.5, 0.6) is 0 Å². The number of nitrogens with zero attached hydrogens (tertiary/aromatic N) is 3. The Hall–Kier alpha value is -2.60. The maximum Gasteiger partial charge on any atom is 0.416 e. The average Bonchev–Trinajstić information content (AvgIpc) is 3.22. The molecular weight excluding hydrogens is 466 g/mol. The van der Waals surface area contributed by atoms with E-state index in [0.717, 1.165) is 25.2 Å². The third kappa shape index (κ3) is 5.72. The predicted molar refractivity (Wildman–Crippen MR) is 109 cm³/mol. The Labute approximate surface area is 191 Å². The van der Waals surface area contributed by atoms with Crippen LogP contribution in [0.3, 0.4) is 0 Å². The quantitative estimate of drug-likeness (QED) is 0.650. The van der Waals surface area contributed by atoms with E-state index in [1.54, 1.807) is 4.57 Å². The lowest BCUT2D eigenvalue weighted by molar-refractivity contribution is -0.143. The van der Waals surface area contributed by atoms with E-state index in [1.807, 2.05) is 0 Å². The van der Waals surface area contributed by atoms with E-state index in [-0.39, 0.29) is 29.8 Å². The lowest BCUT2D eigenvalue weighted by Gasteiger charge is -2.26. The van der Waals surface area contributed by atoms with Gasteiger partial charge in [-0.25, -0.2) is 4.98 Å². The molecule has 2 aliphatic rings. The van der Waals surface area contributed by atoms with Gasteiger partial charge >= 0.3 is 12.4 Å². The predicted octanol–water partition coefficient (Wildman–Crippen LogP) is 3.71. The number of aryl methyl sites for hydroxylation is 1. The van der Waals surface area contributed by atoms with Gasteiger partial charge in [-0.05, 0) is 30.2 Å². The van der Waals surface area contributed by atoms with Gasteiger partial charge in [0, 0.05) is 51.3 Å². The van der Waals surface area contributed by atoms with E-state index in [4.69, 9.17) is 4.74 Å². The van der Waals surface area contributed by atoms with E-state index >= 15 is 0 Å². The summed E-state index contributed by atoms with van der Waals surface area (Å²) in [6.45, 7) is 4.12. The van der Waals surface area contributed by atoms with E-state index in [2.05, 4.69) is 15.2 Å². The number of amides is 1. The Morgan fingerprint density at radius 3 is 2.32 bits per heavy atom. The van der Waals surface area contributed by atoms with Gasteiger partial charge in [0.05, 0.1) is 24.3 Å². The van der Waals surface area contributed by atoms with Crippen LogP contribution in [0, 0.1) is 0 Å². The van der Waals surface area contributed by atoms with Gasteiger partial charge in [0.2, 0.25) is 0 Å². The molecule has 2 aliphatic heterocycles. The van der Waals surface area contributed by atoms with Crippen LogP contribution in [-0.2, 0) is 30.1 Å². The molecule has 1 amide bonds. The van der Waals surface area contributed by atoms with Crippen molar-refractivity contribution < 1.29 is 35.9 Å². The SMILES string of the molecule is O=C(NCCN1CCOCC1)c1cn2c(n1)CCC(c1cc(C(F)(F)F)cc(C(F)(F)F)c1)C2. The Balaban J connectivity index is 1.45. The van der Waals surface area contributed by atoms with Gasteiger partial charge in [-0.1, -0.05) is 0 Å². The summed E-state index contributed by atoms with van der Waals surface area (Å²) in [5, 5.41) is 2.80. The van der Waals surface area contributed by atoms with Crippen LogP contribution in [0.25, 0.3) is 0 Å². The second kappa shape index (κ2) is 9.57. The fourth-order valence-corrected chi connectivity index (χ4v) is 4.28. The zero-order valence-electron chi connectivity index (χ0n) is 18.2. The first-order valence-electron chi connectivity index (χ1n) is 10.9. The van der Waals surface area contributed by atoms with Crippen molar-refractivity contribution >= 4 is 5.91 Å². The van der Waals surface area contributed by atoms with Gasteiger partial charge in [-0.3, -0.25) is 9.69 Å². The summed E-state index contributed by atoms with van der Waals surface area (Å²) in [6, 6.07) is 1.69. The second-order valence-corrected chi connectivity index (χ2v) is 8.48. The molecule has 1 aromatic carbocycles. The molecule has 0 bridgehead atoms. The molecule has 1 atom stereocenters. The molecule has 3 heterocycles. The molecule has 4 rings (SSSR count). The number of benzene rings is 1. The number of aromatic nitrogens is 2. The maximum absolute atomic E-state index is 13.2. The minimum absolute atomic E-state index is 0.0296. The fourth-order valence-electron chi connectivity index (χ4n) is 4.28. The molecule has 34 heavy (non-hydrogen) atoms. The van der Waals surface area contributed by atoms with Gasteiger partial charge in [-0.2, -0.15) is 26.3 Å². The highest BCUT2D eigenvalue weighted by Crippen LogP contribution is 2.39. The molecule has 1 unspecified atom stereocenters. The number of hydrogen-bond acceptors (Lipinski definition) is 4. The van der Waals surface area contributed by atoms with Crippen molar-refractivity contribution in [2.45, 2.75) is 37.7 Å². The number of morpholine rings is 1. The van der Waals surface area contributed by atoms with E-state index < -0.39 is 29.4 Å². The molecule has 186 valence electrons. The summed E-state index contributed by atoms with van der Waals surface area (Å²) >= 11 is 0. The van der Waals surface area contributed by atoms with Crippen LogP contribution in [-0.4, -0.2) is 59.8 Å². The molecule has 6 nitrogen and oxygen atoms in total. The number of alkyl halides is 6. The van der Waals surface area contributed by atoms with Crippen LogP contribution < -0.4 is 5.32 Å². The van der Waals surface area contributed by atoms with Crippen LogP contribution >= 0.6 is 0 Å². The Bertz CT molecular complexity index is 995. The first-order chi connectivity index (χ1) is 16.0. The minimum atomic E-state index is -4.89. The third-order valence-electron chi connectivity index (χ3n) is 6.12. The van der Waals surface area contributed by atoms with Crippen molar-refractivity contribution in [1.82, 2.24) is 19.8 Å². The zero-order valence-corrected chi connectivity index (χ0v) is 18.2. The normalized spacial score (nSPS) is 19.6. The average molecular weight is 490 g/mol. The first-order valence-corrected chi connectivity index (χ1v) is 10.9. The maximum atomic E-state index is 13.2. The summed E-state index contributed by atoms with van der Waals surface area (Å²) in [6.07, 6.45) is -7.62. The molecule has 0 saturated carbocycles. The molecule has 0 spiro atoms. The summed E-state index contributed by atoms with van der Waals surface area (Å²) in [5.74, 6) is -0.356. The summed E-state index contributed by atoms with van der Waals surface area (Å²) in [5.41, 5.74) is -2.50. The van der Waals surface area contributed by atoms with Gasteiger partial charge in [0.25, 0.3) is 5.91 Å². The monoisotopic (exact) mass is 490 g/mol. The second-order valence-electron chi connectivity index (χ2n) is 8.48. The number of nitrogens with one attached hydrogen (secondary N) is 1. The number of hydrogen-bond donors (Lipinski definition) is 1. The smallest absolute Gasteiger partial charge is 0.379 e. The van der Waals surface area contributed by atoms with Crippen molar-refractivity contribution in [3.8, 4) is 0 Å². The third-order valence-corrected chi connectivity index (χ3v) is 6.12. The molecule has 2 aromatic rings. The topological polar surface area (TPSA) is 59.4 Å². The zero-order chi connectivity index (χ0) is 24.5. The molecule has 0 radical (unpaired) electrons. The highest BCUT2D eigenvalue weighted by molar-refractivity contribution is 5.92. The number of carbonyl (C=O) groups excluding carboxylic acids is 1. The molecule has 1 N–H and O–H groups in total. The number of rotatable bonds is 5. The number of fused-ring (bicyclic) bond motifs is 1. The fraction of sp³-hybridized carbons (Fsp3) is 0.545. The Morgan fingerprint density at radius 2 is 1.71 bits per heavy atom. The van der Waals surface area contributed by atoms with Crippen molar-refractivity contribution in [3.63, 3.8) is 0 Å². The van der Waals surface area contributed by atoms with Crippen LogP contribution in [0.1, 0.15) is 45.3 Å². The summed E-state index contributed by atoms with van der Waals surface area (Å²) in [7, 11) is 0. The Kier molecular flexibility index (Phi) is 6.90. The van der Waals surface area contributed by atoms with Crippen LogP contribution in [0.2, 0.25) is 0 Å². The van der Waals surface area contributed by atoms with Crippen molar-refractivity contribution in [2.75, 3.05) is 39.4 Å². The molecule has 1 fully saturated rings. The van der Waals surface area contributed by atoms with E-state index in [1.165, 1.54) is 6.20 Å². The summed E-state index contributed by atoms with van der Waals surface area (Å²) in [4.78, 5) is 19.0. The van der Waals surface area contributed by atoms with Crippen molar-refractivity contribution in [3.05, 3.63) is 52.6 Å². The van der Waals surface area contributed by atoms with Gasteiger partial charge < -0.3 is 14.6 Å². The standard InChI is InChI=1S/C22H24F6N4O2/c23-21(24,25)16-9-15(10-17(11-16)22(26,27)28)14-1-2-19-30-18(13-32(19)12-14)20(33)29-3-4-31-5-7-34-8-6-31/h9-11,13-14H,1-8,12H2,(H,29,33). The molecule has 1 saturated heterocycles. The van der Waals surface area contributed by atoms with Gasteiger partial charge in [0.15, 0.2) is 0 Å². The van der Waals surface area contributed by atoms with Crippen LogP contribution in [0.15, 0.2) is 24.4 Å². The number of carbonyl (C=O) groups is 1. The number of ether oxygens (including phenoxy) is 1. The van der Waals surface area contributed by atoms with E-state index in [0.29, 0.717) is 45.0 Å². The highest BCUT2D eigenvalue weighted by atomic mass is 19.4. The molecule has 1 aromatic heterocycles. The van der Waals surface area contributed by atoms with E-state index in [9.17, 15) is 31.1 Å². The van der Waals surface area contributed by atoms with Crippen molar-refractivity contribution in [1.29, 1.82) is 0 Å². The largest absolute Gasteiger partial charge is 0.416 e. The van der Waals surface area contributed by atoms with Crippen LogP contribution in [0.4, 0.5) is 26.3 Å².